The molecule has 0 atom stereocenters. The summed E-state index contributed by atoms with van der Waals surface area (Å²) in [6.45, 7) is 4.68. The van der Waals surface area contributed by atoms with Crippen LogP contribution < -0.4 is 21.2 Å². The summed E-state index contributed by atoms with van der Waals surface area (Å²) in [6.07, 6.45) is 2.26. The molecule has 0 aliphatic rings. The van der Waals surface area contributed by atoms with Gasteiger partial charge in [0.1, 0.15) is 0 Å². The van der Waals surface area contributed by atoms with Crippen LogP contribution in [0.4, 0.5) is 0 Å². The maximum atomic E-state index is 2.89. The Labute approximate surface area is 195 Å². The molecule has 162 valence electrons. The molecular weight excluding hydrogens is 424 g/mol. The molecule has 0 amide bonds. The number of benzene rings is 4. The summed E-state index contributed by atoms with van der Waals surface area (Å²) in [5.41, 5.74) is 0. The summed E-state index contributed by atoms with van der Waals surface area (Å²) < 4.78 is 2.89. The van der Waals surface area contributed by atoms with Gasteiger partial charge in [0.2, 0.25) is 0 Å². The summed E-state index contributed by atoms with van der Waals surface area (Å²) in [5, 5.41) is 5.67. The van der Waals surface area contributed by atoms with Gasteiger partial charge in [0.15, 0.2) is 0 Å². The van der Waals surface area contributed by atoms with E-state index in [9.17, 15) is 0 Å². The maximum absolute atomic E-state index is 2.89. The Morgan fingerprint density at radius 3 is 0.938 bits per heavy atom. The van der Waals surface area contributed by atoms with Gasteiger partial charge in [0.05, 0.1) is 0 Å². The first-order valence-electron chi connectivity index (χ1n) is 11.4. The average Bonchev–Trinajstić information content (AvgIpc) is 2.87. The van der Waals surface area contributed by atoms with Crippen molar-refractivity contribution < 1.29 is 0 Å². The van der Waals surface area contributed by atoms with Crippen LogP contribution in [0, 0.1) is 0 Å². The first-order valence-corrected chi connectivity index (χ1v) is 14.0. The summed E-state index contributed by atoms with van der Waals surface area (Å²) in [5.74, 6) is 0. The van der Waals surface area contributed by atoms with E-state index < -0.39 is 16.1 Å². The van der Waals surface area contributed by atoms with E-state index in [1.807, 2.05) is 0 Å². The Morgan fingerprint density at radius 2 is 0.719 bits per heavy atom. The van der Waals surface area contributed by atoms with Gasteiger partial charge in [-0.15, -0.1) is 0 Å². The van der Waals surface area contributed by atoms with Crippen molar-refractivity contribution in [3.63, 3.8) is 0 Å². The Bertz CT molecular complexity index is 889. The lowest BCUT2D eigenvalue weighted by Crippen LogP contribution is -2.37. The van der Waals surface area contributed by atoms with Gasteiger partial charge >= 0.3 is 0 Å². The van der Waals surface area contributed by atoms with Crippen LogP contribution in [0.5, 0.6) is 0 Å². The third-order valence-corrected chi connectivity index (χ3v) is 11.4. The van der Waals surface area contributed by atoms with Crippen LogP contribution >= 0.6 is 16.1 Å². The molecule has 0 saturated heterocycles. The monoisotopic (exact) mass is 455 g/mol. The molecule has 0 aliphatic carbocycles. The number of hydrogen-bond donors (Lipinski definition) is 0. The summed E-state index contributed by atoms with van der Waals surface area (Å²) >= 11 is 0. The summed E-state index contributed by atoms with van der Waals surface area (Å²) in [6, 6.07) is 45.0. The molecule has 0 spiro atoms. The van der Waals surface area contributed by atoms with Crippen LogP contribution in [0.25, 0.3) is 0 Å². The van der Waals surface area contributed by atoms with Gasteiger partial charge in [0.25, 0.3) is 0 Å². The molecule has 1 nitrogen and oxygen atoms in total. The quantitative estimate of drug-likeness (QED) is 0.258. The predicted molar refractivity (Wildman–Crippen MR) is 144 cm³/mol. The largest absolute Gasteiger partial charge is 0.242 e. The van der Waals surface area contributed by atoms with E-state index in [4.69, 9.17) is 0 Å². The van der Waals surface area contributed by atoms with Crippen molar-refractivity contribution in [1.82, 2.24) is 4.44 Å². The van der Waals surface area contributed by atoms with Gasteiger partial charge in [0, 0.05) is 22.2 Å². The van der Waals surface area contributed by atoms with Gasteiger partial charge < -0.3 is 0 Å². The van der Waals surface area contributed by atoms with Crippen molar-refractivity contribution in [2.75, 3.05) is 0 Å². The number of nitrogens with zero attached hydrogens (tertiary/aromatic N) is 1. The second-order valence-electron chi connectivity index (χ2n) is 7.76. The second-order valence-corrected chi connectivity index (χ2v) is 12.2. The Balaban J connectivity index is 1.96. The van der Waals surface area contributed by atoms with E-state index in [1.54, 1.807) is 0 Å². The predicted octanol–water partition coefficient (Wildman–Crippen LogP) is 6.57. The van der Waals surface area contributed by atoms with Crippen LogP contribution in [-0.4, -0.2) is 10.5 Å². The van der Waals surface area contributed by atoms with Gasteiger partial charge in [-0.05, 0) is 34.1 Å². The van der Waals surface area contributed by atoms with E-state index in [1.165, 1.54) is 21.2 Å². The summed E-state index contributed by atoms with van der Waals surface area (Å²) in [7, 11) is -1.38. The molecule has 0 heterocycles. The third-order valence-electron chi connectivity index (χ3n) is 5.68. The second kappa shape index (κ2) is 11.5. The van der Waals surface area contributed by atoms with E-state index in [-0.39, 0.29) is 0 Å². The molecule has 0 bridgehead atoms. The van der Waals surface area contributed by atoms with Crippen LogP contribution in [0.3, 0.4) is 0 Å². The molecule has 0 fully saturated rings. The van der Waals surface area contributed by atoms with Crippen molar-refractivity contribution in [2.24, 2.45) is 0 Å². The minimum atomic E-state index is -0.690. The number of rotatable bonds is 9. The van der Waals surface area contributed by atoms with Gasteiger partial charge in [-0.2, -0.15) is 0 Å². The van der Waals surface area contributed by atoms with Crippen molar-refractivity contribution >= 4 is 37.4 Å². The molecule has 32 heavy (non-hydrogen) atoms. The standard InChI is InChI=1S/C29H31NP2/c1-3-25(4-2)30(31(26-17-9-5-10-18-26)27-19-11-6-12-20-27)32(28-21-13-7-14-22-28)29-23-15-8-16-24-29/h5-25H,3-4H2,1-2H3. The zero-order valence-electron chi connectivity index (χ0n) is 18.9. The molecule has 4 aromatic rings. The van der Waals surface area contributed by atoms with Crippen LogP contribution in [-0.2, 0) is 0 Å². The minimum Gasteiger partial charge on any atom is -0.242 e. The SMILES string of the molecule is CCC(CC)N(P(c1ccccc1)c1ccccc1)P(c1ccccc1)c1ccccc1. The van der Waals surface area contributed by atoms with Crippen LogP contribution in [0.1, 0.15) is 26.7 Å². The Hall–Kier alpha value is -2.30. The van der Waals surface area contributed by atoms with E-state index in [0.717, 1.165) is 12.8 Å². The first-order chi connectivity index (χ1) is 15.8. The highest BCUT2D eigenvalue weighted by Gasteiger charge is 2.35. The maximum Gasteiger partial charge on any atom is 0.0325 e. The van der Waals surface area contributed by atoms with Gasteiger partial charge in [-0.1, -0.05) is 135 Å². The highest BCUT2D eigenvalue weighted by molar-refractivity contribution is 7.84. The molecule has 0 unspecified atom stereocenters. The fraction of sp³-hybridized carbons (Fsp3) is 0.172. The van der Waals surface area contributed by atoms with Gasteiger partial charge in [-0.25, -0.2) is 4.44 Å². The molecule has 0 aliphatic heterocycles. The molecule has 4 rings (SSSR count). The van der Waals surface area contributed by atoms with Gasteiger partial charge in [-0.3, -0.25) is 0 Å². The molecule has 0 saturated carbocycles. The minimum absolute atomic E-state index is 0.494. The van der Waals surface area contributed by atoms with Crippen LogP contribution in [0.15, 0.2) is 121 Å². The Morgan fingerprint density at radius 1 is 0.469 bits per heavy atom. The lowest BCUT2D eigenvalue weighted by molar-refractivity contribution is 0.467. The molecular formula is C29H31NP2. The van der Waals surface area contributed by atoms with E-state index in [2.05, 4.69) is 140 Å². The molecule has 0 N–H and O–H groups in total. The van der Waals surface area contributed by atoms with Crippen molar-refractivity contribution in [3.8, 4) is 0 Å². The fourth-order valence-electron chi connectivity index (χ4n) is 4.08. The topological polar surface area (TPSA) is 3.24 Å². The average molecular weight is 456 g/mol. The molecule has 0 radical (unpaired) electrons. The van der Waals surface area contributed by atoms with Crippen molar-refractivity contribution in [2.45, 2.75) is 32.7 Å². The fourth-order valence-corrected chi connectivity index (χ4v) is 10.7. The molecule has 0 aromatic heterocycles. The lowest BCUT2D eigenvalue weighted by Gasteiger charge is -2.43. The van der Waals surface area contributed by atoms with Crippen molar-refractivity contribution in [3.05, 3.63) is 121 Å². The normalized spacial score (nSPS) is 11.6. The highest BCUT2D eigenvalue weighted by Crippen LogP contribution is 2.56. The first kappa shape index (κ1) is 22.9. The number of hydrogen-bond acceptors (Lipinski definition) is 1. The van der Waals surface area contributed by atoms with Crippen molar-refractivity contribution in [1.29, 1.82) is 0 Å². The Kier molecular flexibility index (Phi) is 8.24. The summed E-state index contributed by atoms with van der Waals surface area (Å²) in [4.78, 5) is 0. The smallest absolute Gasteiger partial charge is 0.0325 e. The zero-order chi connectivity index (χ0) is 22.2. The highest BCUT2D eigenvalue weighted by atomic mass is 31.2. The van der Waals surface area contributed by atoms with Crippen LogP contribution in [0.2, 0.25) is 0 Å². The van der Waals surface area contributed by atoms with E-state index >= 15 is 0 Å². The van der Waals surface area contributed by atoms with E-state index in [0.29, 0.717) is 6.04 Å². The third kappa shape index (κ3) is 5.19. The zero-order valence-corrected chi connectivity index (χ0v) is 20.7. The lowest BCUT2D eigenvalue weighted by atomic mass is 10.2. The molecule has 3 heteroatoms. The molecule has 4 aromatic carbocycles.